The number of hydrogen-bond donors (Lipinski definition) is 1. The summed E-state index contributed by atoms with van der Waals surface area (Å²) in [6, 6.07) is 0. The third-order valence-electron chi connectivity index (χ3n) is 6.20. The molecule has 0 aromatic carbocycles. The van der Waals surface area contributed by atoms with Gasteiger partial charge in [0.15, 0.2) is 0 Å². The van der Waals surface area contributed by atoms with Crippen molar-refractivity contribution in [2.45, 2.75) is 78.1 Å². The van der Waals surface area contributed by atoms with Gasteiger partial charge in [0.05, 0.1) is 17.9 Å². The first kappa shape index (κ1) is 18.3. The van der Waals surface area contributed by atoms with Crippen molar-refractivity contribution < 1.29 is 19.4 Å². The Morgan fingerprint density at radius 1 is 1.04 bits per heavy atom. The van der Waals surface area contributed by atoms with Crippen LogP contribution in [0, 0.1) is 23.2 Å². The van der Waals surface area contributed by atoms with Crippen LogP contribution in [0.4, 0.5) is 0 Å². The van der Waals surface area contributed by atoms with Gasteiger partial charge in [-0.3, -0.25) is 9.59 Å². The third kappa shape index (κ3) is 3.89. The molecule has 0 unspecified atom stereocenters. The summed E-state index contributed by atoms with van der Waals surface area (Å²) < 4.78 is 5.38. The van der Waals surface area contributed by atoms with Crippen LogP contribution in [0.25, 0.3) is 0 Å². The molecule has 23 heavy (non-hydrogen) atoms. The minimum Gasteiger partial charge on any atom is -0.481 e. The third-order valence-corrected chi connectivity index (χ3v) is 6.20. The monoisotopic (exact) mass is 324 g/mol. The van der Waals surface area contributed by atoms with Crippen molar-refractivity contribution in [2.75, 3.05) is 6.61 Å². The molecule has 0 aromatic rings. The number of esters is 1. The van der Waals surface area contributed by atoms with Crippen LogP contribution in [0.5, 0.6) is 0 Å². The molecule has 2 fully saturated rings. The van der Waals surface area contributed by atoms with Gasteiger partial charge in [0.2, 0.25) is 0 Å². The van der Waals surface area contributed by atoms with E-state index >= 15 is 0 Å². The van der Waals surface area contributed by atoms with E-state index in [1.165, 1.54) is 12.8 Å². The van der Waals surface area contributed by atoms with Crippen molar-refractivity contribution in [1.29, 1.82) is 0 Å². The van der Waals surface area contributed by atoms with Crippen LogP contribution in [0.1, 0.15) is 78.1 Å². The highest BCUT2D eigenvalue weighted by Crippen LogP contribution is 2.50. The van der Waals surface area contributed by atoms with Crippen molar-refractivity contribution in [3.63, 3.8) is 0 Å². The van der Waals surface area contributed by atoms with Crippen LogP contribution < -0.4 is 0 Å². The zero-order chi connectivity index (χ0) is 16.9. The number of carboxylic acids is 1. The lowest BCUT2D eigenvalue weighted by atomic mass is 9.58. The molecule has 2 saturated carbocycles. The molecule has 2 aliphatic carbocycles. The zero-order valence-electron chi connectivity index (χ0n) is 14.7. The average Bonchev–Trinajstić information content (AvgIpc) is 2.56. The highest BCUT2D eigenvalue weighted by atomic mass is 16.5. The molecule has 4 nitrogen and oxygen atoms in total. The molecule has 0 saturated heterocycles. The lowest BCUT2D eigenvalue weighted by Crippen LogP contribution is -2.50. The van der Waals surface area contributed by atoms with Crippen LogP contribution >= 0.6 is 0 Å². The standard InChI is InChI=1S/C19H32O4/c1-3-23-18(22)19(2,15-12-8-5-9-13-15)16(17(20)21)14-10-6-4-7-11-14/h14-16H,3-13H2,1-2H3,(H,20,21)/t16-,19-/m1/s1. The van der Waals surface area contributed by atoms with Gasteiger partial charge in [-0.2, -0.15) is 0 Å². The van der Waals surface area contributed by atoms with E-state index in [0.717, 1.165) is 51.4 Å². The maximum atomic E-state index is 12.9. The molecule has 1 N–H and O–H groups in total. The molecular formula is C19H32O4. The molecule has 0 amide bonds. The number of carbonyl (C=O) groups excluding carboxylic acids is 1. The van der Waals surface area contributed by atoms with Gasteiger partial charge in [-0.15, -0.1) is 0 Å². The van der Waals surface area contributed by atoms with E-state index in [4.69, 9.17) is 4.74 Å². The molecule has 0 bridgehead atoms. The lowest BCUT2D eigenvalue weighted by molar-refractivity contribution is -0.175. The van der Waals surface area contributed by atoms with E-state index in [-0.39, 0.29) is 17.8 Å². The Hall–Kier alpha value is -1.06. The topological polar surface area (TPSA) is 63.6 Å². The number of ether oxygens (including phenoxy) is 1. The fourth-order valence-electron chi connectivity index (χ4n) is 4.95. The minimum absolute atomic E-state index is 0.109. The lowest BCUT2D eigenvalue weighted by Gasteiger charge is -2.45. The summed E-state index contributed by atoms with van der Waals surface area (Å²) in [5.74, 6) is -1.45. The summed E-state index contributed by atoms with van der Waals surface area (Å²) in [6.07, 6.45) is 10.5. The molecule has 132 valence electrons. The first-order valence-corrected chi connectivity index (χ1v) is 9.41. The highest BCUT2D eigenvalue weighted by molar-refractivity contribution is 5.85. The molecule has 0 radical (unpaired) electrons. The van der Waals surface area contributed by atoms with Gasteiger partial charge < -0.3 is 9.84 Å². The minimum atomic E-state index is -0.885. The summed E-state index contributed by atoms with van der Waals surface area (Å²) in [5, 5.41) is 10.0. The average molecular weight is 324 g/mol. The summed E-state index contributed by atoms with van der Waals surface area (Å²) in [7, 11) is 0. The molecule has 4 heteroatoms. The van der Waals surface area contributed by atoms with E-state index in [2.05, 4.69) is 0 Å². The second-order valence-corrected chi connectivity index (χ2v) is 7.55. The van der Waals surface area contributed by atoms with Crippen LogP contribution in [0.3, 0.4) is 0 Å². The summed E-state index contributed by atoms with van der Waals surface area (Å²) >= 11 is 0. The van der Waals surface area contributed by atoms with Gasteiger partial charge >= 0.3 is 11.9 Å². The van der Waals surface area contributed by atoms with Crippen molar-refractivity contribution in [1.82, 2.24) is 0 Å². The summed E-state index contributed by atoms with van der Waals surface area (Å²) in [6.45, 7) is 4.00. The Morgan fingerprint density at radius 3 is 2.04 bits per heavy atom. The smallest absolute Gasteiger partial charge is 0.312 e. The van der Waals surface area contributed by atoms with E-state index in [9.17, 15) is 14.7 Å². The van der Waals surface area contributed by atoms with Gasteiger partial charge in [0.1, 0.15) is 0 Å². The molecule has 0 spiro atoms. The van der Waals surface area contributed by atoms with Gasteiger partial charge in [0, 0.05) is 0 Å². The second-order valence-electron chi connectivity index (χ2n) is 7.55. The quantitative estimate of drug-likeness (QED) is 0.735. The van der Waals surface area contributed by atoms with Crippen molar-refractivity contribution >= 4 is 11.9 Å². The Kier molecular flexibility index (Phi) is 6.49. The molecule has 2 rings (SSSR count). The van der Waals surface area contributed by atoms with Crippen molar-refractivity contribution in [2.24, 2.45) is 23.2 Å². The van der Waals surface area contributed by atoms with Crippen LogP contribution in [0.2, 0.25) is 0 Å². The maximum Gasteiger partial charge on any atom is 0.312 e. The number of hydrogen-bond acceptors (Lipinski definition) is 3. The fraction of sp³-hybridized carbons (Fsp3) is 0.895. The predicted octanol–water partition coefficient (Wildman–Crippen LogP) is 4.42. The zero-order valence-corrected chi connectivity index (χ0v) is 14.7. The Balaban J connectivity index is 2.34. The fourth-order valence-corrected chi connectivity index (χ4v) is 4.95. The summed E-state index contributed by atoms with van der Waals surface area (Å²) in [5.41, 5.74) is -0.885. The largest absolute Gasteiger partial charge is 0.481 e. The van der Waals surface area contributed by atoms with E-state index in [1.807, 2.05) is 6.92 Å². The number of carbonyl (C=O) groups is 2. The molecule has 0 heterocycles. The molecule has 0 aliphatic heterocycles. The van der Waals surface area contributed by atoms with Crippen LogP contribution in [-0.4, -0.2) is 23.7 Å². The van der Waals surface area contributed by atoms with Gasteiger partial charge in [0.25, 0.3) is 0 Å². The van der Waals surface area contributed by atoms with Crippen LogP contribution in [-0.2, 0) is 14.3 Å². The second kappa shape index (κ2) is 8.16. The summed E-state index contributed by atoms with van der Waals surface area (Å²) in [4.78, 5) is 25.1. The Morgan fingerprint density at radius 2 is 1.57 bits per heavy atom. The Bertz CT molecular complexity index is 408. The molecule has 2 aliphatic rings. The molecule has 2 atom stereocenters. The molecular weight excluding hydrogens is 292 g/mol. The number of carboxylic acid groups (broad SMARTS) is 1. The number of rotatable bonds is 6. The van der Waals surface area contributed by atoms with E-state index in [0.29, 0.717) is 6.61 Å². The first-order valence-electron chi connectivity index (χ1n) is 9.41. The van der Waals surface area contributed by atoms with Gasteiger partial charge in [-0.1, -0.05) is 38.5 Å². The van der Waals surface area contributed by atoms with E-state index in [1.54, 1.807) is 6.92 Å². The Labute approximate surface area is 140 Å². The first-order chi connectivity index (χ1) is 11.0. The van der Waals surface area contributed by atoms with Gasteiger partial charge in [-0.05, 0) is 51.4 Å². The molecule has 0 aromatic heterocycles. The van der Waals surface area contributed by atoms with E-state index < -0.39 is 17.3 Å². The van der Waals surface area contributed by atoms with Crippen LogP contribution in [0.15, 0.2) is 0 Å². The predicted molar refractivity (Wildman–Crippen MR) is 89.0 cm³/mol. The highest BCUT2D eigenvalue weighted by Gasteiger charge is 2.54. The number of aliphatic carboxylic acids is 1. The SMILES string of the molecule is CCOC(=O)[C@](C)(C1CCCCC1)[C@@H](C(=O)O)C1CCCCC1. The van der Waals surface area contributed by atoms with Crippen molar-refractivity contribution in [3.8, 4) is 0 Å². The maximum absolute atomic E-state index is 12.9. The normalized spacial score (nSPS) is 24.6. The van der Waals surface area contributed by atoms with Crippen molar-refractivity contribution in [3.05, 3.63) is 0 Å². The van der Waals surface area contributed by atoms with Gasteiger partial charge in [-0.25, -0.2) is 0 Å².